The summed E-state index contributed by atoms with van der Waals surface area (Å²) in [6.45, 7) is 0.505. The molecule has 0 saturated heterocycles. The highest BCUT2D eigenvalue weighted by Crippen LogP contribution is 2.37. The molecule has 0 fully saturated rings. The third-order valence-corrected chi connectivity index (χ3v) is 4.28. The van der Waals surface area contributed by atoms with E-state index in [0.717, 1.165) is 5.69 Å². The van der Waals surface area contributed by atoms with Gasteiger partial charge in [-0.3, -0.25) is 0 Å². The molecule has 3 aromatic heterocycles. The van der Waals surface area contributed by atoms with E-state index in [1.807, 2.05) is 18.0 Å². The zero-order chi connectivity index (χ0) is 20.9. The third kappa shape index (κ3) is 4.19. The Hall–Kier alpha value is -4.01. The second-order valence-corrected chi connectivity index (χ2v) is 6.36. The molecule has 30 heavy (non-hydrogen) atoms. The maximum Gasteiger partial charge on any atom is 0.227 e. The summed E-state index contributed by atoms with van der Waals surface area (Å²) in [5.41, 5.74) is 2.08. The molecule has 8 nitrogen and oxygen atoms in total. The van der Waals surface area contributed by atoms with E-state index in [2.05, 4.69) is 19.9 Å². The number of halogens is 1. The zero-order valence-electron chi connectivity index (χ0n) is 16.3. The van der Waals surface area contributed by atoms with Crippen molar-refractivity contribution in [3.63, 3.8) is 0 Å². The lowest BCUT2D eigenvalue weighted by Crippen LogP contribution is -2.19. The Bertz CT molecular complexity index is 1120. The van der Waals surface area contributed by atoms with Gasteiger partial charge in [0.25, 0.3) is 0 Å². The van der Waals surface area contributed by atoms with Gasteiger partial charge in [0.2, 0.25) is 11.8 Å². The van der Waals surface area contributed by atoms with Crippen molar-refractivity contribution in [2.24, 2.45) is 0 Å². The summed E-state index contributed by atoms with van der Waals surface area (Å²) < 4.78 is 29.7. The number of oxazole rings is 1. The van der Waals surface area contributed by atoms with E-state index in [1.54, 1.807) is 37.0 Å². The molecule has 0 aliphatic carbocycles. The van der Waals surface area contributed by atoms with Crippen molar-refractivity contribution in [1.29, 1.82) is 0 Å². The standard InChI is InChI=1S/C21H18FN5O3/c1-27(11-15-12-29-13-26-15)21-24-9-16(10-25-21)30-20-18(4-3-7-23-20)17-6-5-14(22)8-19(17)28-2/h3-10,12-13H,11H2,1-2H3. The largest absolute Gasteiger partial charge is 0.496 e. The predicted molar refractivity (Wildman–Crippen MR) is 107 cm³/mol. The van der Waals surface area contributed by atoms with Crippen LogP contribution >= 0.6 is 0 Å². The number of hydrogen-bond acceptors (Lipinski definition) is 8. The summed E-state index contributed by atoms with van der Waals surface area (Å²) in [7, 11) is 3.33. The number of anilines is 1. The fourth-order valence-corrected chi connectivity index (χ4v) is 2.86. The summed E-state index contributed by atoms with van der Waals surface area (Å²) >= 11 is 0. The summed E-state index contributed by atoms with van der Waals surface area (Å²) in [6, 6.07) is 7.88. The number of aromatic nitrogens is 4. The molecular formula is C21H18FN5O3. The molecule has 0 bridgehead atoms. The lowest BCUT2D eigenvalue weighted by atomic mass is 10.1. The highest BCUT2D eigenvalue weighted by Gasteiger charge is 2.15. The first kappa shape index (κ1) is 19.3. The van der Waals surface area contributed by atoms with E-state index in [0.29, 0.717) is 41.0 Å². The SMILES string of the molecule is COc1cc(F)ccc1-c1cccnc1Oc1cnc(N(C)Cc2cocn2)nc1. The van der Waals surface area contributed by atoms with Crippen molar-refractivity contribution in [2.45, 2.75) is 6.54 Å². The van der Waals surface area contributed by atoms with Gasteiger partial charge < -0.3 is 18.8 Å². The van der Waals surface area contributed by atoms with Crippen LogP contribution in [0.15, 0.2) is 66.0 Å². The molecule has 0 unspecified atom stereocenters. The van der Waals surface area contributed by atoms with Crippen LogP contribution in [0.25, 0.3) is 11.1 Å². The molecule has 0 saturated carbocycles. The van der Waals surface area contributed by atoms with E-state index in [1.165, 1.54) is 25.6 Å². The number of benzene rings is 1. The van der Waals surface area contributed by atoms with E-state index < -0.39 is 0 Å². The number of nitrogens with zero attached hydrogens (tertiary/aromatic N) is 5. The van der Waals surface area contributed by atoms with Crippen molar-refractivity contribution >= 4 is 5.95 Å². The molecule has 0 spiro atoms. The molecule has 0 aliphatic rings. The Labute approximate surface area is 172 Å². The van der Waals surface area contributed by atoms with Crippen molar-refractivity contribution in [3.05, 3.63) is 73.1 Å². The Kier molecular flexibility index (Phi) is 5.51. The molecule has 3 heterocycles. The van der Waals surface area contributed by atoms with Crippen LogP contribution in [0.5, 0.6) is 17.4 Å². The Morgan fingerprint density at radius 2 is 1.90 bits per heavy atom. The number of hydrogen-bond donors (Lipinski definition) is 0. The first-order valence-corrected chi connectivity index (χ1v) is 9.01. The van der Waals surface area contributed by atoms with Gasteiger partial charge in [0.1, 0.15) is 17.8 Å². The second-order valence-electron chi connectivity index (χ2n) is 6.36. The zero-order valence-corrected chi connectivity index (χ0v) is 16.3. The summed E-state index contributed by atoms with van der Waals surface area (Å²) in [4.78, 5) is 18.9. The molecule has 0 aliphatic heterocycles. The molecule has 0 amide bonds. The van der Waals surface area contributed by atoms with Crippen LogP contribution in [0.1, 0.15) is 5.69 Å². The molecule has 0 atom stereocenters. The first-order valence-electron chi connectivity index (χ1n) is 9.01. The quantitative estimate of drug-likeness (QED) is 0.453. The summed E-state index contributed by atoms with van der Waals surface area (Å²) in [6.07, 6.45) is 7.67. The van der Waals surface area contributed by atoms with Gasteiger partial charge in [-0.1, -0.05) is 0 Å². The maximum atomic E-state index is 13.6. The van der Waals surface area contributed by atoms with Crippen LogP contribution in [-0.2, 0) is 6.54 Å². The molecular weight excluding hydrogens is 389 g/mol. The lowest BCUT2D eigenvalue weighted by molar-refractivity contribution is 0.412. The van der Waals surface area contributed by atoms with E-state index >= 15 is 0 Å². The van der Waals surface area contributed by atoms with Crippen LogP contribution in [0.4, 0.5) is 10.3 Å². The lowest BCUT2D eigenvalue weighted by Gasteiger charge is -2.16. The molecule has 4 aromatic rings. The minimum absolute atomic E-state index is 0.328. The Morgan fingerprint density at radius 1 is 1.07 bits per heavy atom. The predicted octanol–water partition coefficient (Wildman–Crippen LogP) is 4.10. The van der Waals surface area contributed by atoms with Crippen LogP contribution in [0.3, 0.4) is 0 Å². The van der Waals surface area contributed by atoms with Crippen LogP contribution < -0.4 is 14.4 Å². The average Bonchev–Trinajstić information content (AvgIpc) is 3.28. The van der Waals surface area contributed by atoms with Gasteiger partial charge in [0.15, 0.2) is 12.1 Å². The van der Waals surface area contributed by atoms with Crippen LogP contribution in [0.2, 0.25) is 0 Å². The van der Waals surface area contributed by atoms with Crippen molar-refractivity contribution in [2.75, 3.05) is 19.1 Å². The minimum atomic E-state index is -0.388. The molecule has 152 valence electrons. The average molecular weight is 407 g/mol. The molecule has 0 radical (unpaired) electrons. The highest BCUT2D eigenvalue weighted by atomic mass is 19.1. The number of methoxy groups -OCH3 is 1. The number of ether oxygens (including phenoxy) is 2. The van der Waals surface area contributed by atoms with Gasteiger partial charge in [0.05, 0.1) is 31.7 Å². The Morgan fingerprint density at radius 3 is 2.63 bits per heavy atom. The Balaban J connectivity index is 1.55. The van der Waals surface area contributed by atoms with Gasteiger partial charge in [-0.05, 0) is 24.3 Å². The summed E-state index contributed by atoms with van der Waals surface area (Å²) in [5, 5.41) is 0. The monoisotopic (exact) mass is 407 g/mol. The fourth-order valence-electron chi connectivity index (χ4n) is 2.86. The fraction of sp³-hybridized carbons (Fsp3) is 0.143. The normalized spacial score (nSPS) is 10.6. The smallest absolute Gasteiger partial charge is 0.227 e. The number of rotatable bonds is 7. The van der Waals surface area contributed by atoms with Gasteiger partial charge in [-0.15, -0.1) is 0 Å². The molecule has 0 N–H and O–H groups in total. The second kappa shape index (κ2) is 8.56. The highest BCUT2D eigenvalue weighted by molar-refractivity contribution is 5.74. The molecule has 4 rings (SSSR count). The minimum Gasteiger partial charge on any atom is -0.496 e. The van der Waals surface area contributed by atoms with Gasteiger partial charge in [0, 0.05) is 30.4 Å². The van der Waals surface area contributed by atoms with Gasteiger partial charge in [-0.25, -0.2) is 24.3 Å². The molecule has 9 heteroatoms. The van der Waals surface area contributed by atoms with Crippen molar-refractivity contribution in [3.8, 4) is 28.5 Å². The first-order chi connectivity index (χ1) is 14.6. The van der Waals surface area contributed by atoms with Crippen LogP contribution in [-0.4, -0.2) is 34.1 Å². The number of pyridine rings is 1. The van der Waals surface area contributed by atoms with Crippen molar-refractivity contribution in [1.82, 2.24) is 19.9 Å². The molecule has 1 aromatic carbocycles. The van der Waals surface area contributed by atoms with E-state index in [9.17, 15) is 4.39 Å². The topological polar surface area (TPSA) is 86.4 Å². The maximum absolute atomic E-state index is 13.6. The van der Waals surface area contributed by atoms with E-state index in [4.69, 9.17) is 13.9 Å². The van der Waals surface area contributed by atoms with Gasteiger partial charge in [-0.2, -0.15) is 0 Å². The van der Waals surface area contributed by atoms with E-state index in [-0.39, 0.29) is 5.82 Å². The summed E-state index contributed by atoms with van der Waals surface area (Å²) in [5.74, 6) is 1.24. The van der Waals surface area contributed by atoms with Crippen molar-refractivity contribution < 1.29 is 18.3 Å². The van der Waals surface area contributed by atoms with Crippen LogP contribution in [0, 0.1) is 5.82 Å². The van der Waals surface area contributed by atoms with Gasteiger partial charge >= 0.3 is 0 Å². The third-order valence-electron chi connectivity index (χ3n) is 4.28.